The van der Waals surface area contributed by atoms with E-state index < -0.39 is 0 Å². The lowest BCUT2D eigenvalue weighted by atomic mass is 10.1. The van der Waals surface area contributed by atoms with E-state index in [4.69, 9.17) is 32.7 Å². The molecule has 4 rings (SSSR count). The van der Waals surface area contributed by atoms with Gasteiger partial charge in [0.1, 0.15) is 12.3 Å². The van der Waals surface area contributed by atoms with Gasteiger partial charge in [-0.1, -0.05) is 52.6 Å². The van der Waals surface area contributed by atoms with Gasteiger partial charge in [-0.05, 0) is 23.3 Å². The Bertz CT molecular complexity index is 971. The number of morpholine rings is 1. The maximum atomic E-state index is 9.66. The van der Waals surface area contributed by atoms with E-state index in [1.807, 2.05) is 12.1 Å². The summed E-state index contributed by atoms with van der Waals surface area (Å²) in [6.45, 7) is 4.79. The molecule has 0 atom stereocenters. The summed E-state index contributed by atoms with van der Waals surface area (Å²) in [5.74, 6) is -0.168. The number of benzene rings is 2. The van der Waals surface area contributed by atoms with Crippen molar-refractivity contribution < 1.29 is 14.6 Å². The number of hydrogen-bond donors (Lipinski definition) is 1. The van der Waals surface area contributed by atoms with Crippen LogP contribution in [-0.2, 0) is 17.9 Å². The van der Waals surface area contributed by atoms with Gasteiger partial charge in [-0.15, -0.1) is 5.10 Å². The van der Waals surface area contributed by atoms with Crippen molar-refractivity contribution in [2.45, 2.75) is 13.2 Å². The monoisotopic (exact) mass is 446 g/mol. The Balaban J connectivity index is 1.34. The summed E-state index contributed by atoms with van der Waals surface area (Å²) in [5.41, 5.74) is 3.35. The minimum atomic E-state index is -0.168. The summed E-state index contributed by atoms with van der Waals surface area (Å²) < 4.78 is 11.0. The summed E-state index contributed by atoms with van der Waals surface area (Å²) in [4.78, 5) is 6.56. The number of rotatable bonds is 6. The van der Waals surface area contributed by atoms with E-state index in [9.17, 15) is 5.11 Å². The lowest BCUT2D eigenvalue weighted by Crippen LogP contribution is -2.35. The molecule has 0 radical (unpaired) electrons. The van der Waals surface area contributed by atoms with Gasteiger partial charge in [-0.25, -0.2) is 4.98 Å². The second-order valence-corrected chi connectivity index (χ2v) is 7.72. The zero-order valence-corrected chi connectivity index (χ0v) is 17.6. The van der Waals surface area contributed by atoms with E-state index >= 15 is 0 Å². The van der Waals surface area contributed by atoms with Gasteiger partial charge >= 0.3 is 6.01 Å². The second kappa shape index (κ2) is 9.57. The summed E-state index contributed by atoms with van der Waals surface area (Å²) >= 11 is 11.9. The first-order valence-electron chi connectivity index (χ1n) is 9.47. The first kappa shape index (κ1) is 20.8. The quantitative estimate of drug-likeness (QED) is 0.613. The molecule has 2 aromatic carbocycles. The van der Waals surface area contributed by atoms with Crippen LogP contribution >= 0.6 is 23.2 Å². The van der Waals surface area contributed by atoms with Crippen LogP contribution in [0.5, 0.6) is 11.8 Å². The minimum Gasteiger partial charge on any atom is -0.505 e. The van der Waals surface area contributed by atoms with Crippen molar-refractivity contribution in [1.29, 1.82) is 0 Å². The largest absolute Gasteiger partial charge is 0.505 e. The fourth-order valence-electron chi connectivity index (χ4n) is 3.08. The number of nitrogens with zero attached hydrogens (tertiary/aromatic N) is 4. The predicted octanol–water partition coefficient (Wildman–Crippen LogP) is 3.96. The SMILES string of the molecule is Oc1c(Cl)cc(-c2cnc(OCc3ccc(CN4CCOCC4)cc3)nn2)cc1Cl. The Morgan fingerprint density at radius 3 is 2.30 bits per heavy atom. The molecule has 2 heterocycles. The fraction of sp³-hybridized carbons (Fsp3) is 0.286. The smallest absolute Gasteiger partial charge is 0.336 e. The molecule has 30 heavy (non-hydrogen) atoms. The molecule has 0 amide bonds. The Labute approximate surface area is 184 Å². The summed E-state index contributed by atoms with van der Waals surface area (Å²) in [6, 6.07) is 11.6. The normalized spacial score (nSPS) is 14.6. The van der Waals surface area contributed by atoms with E-state index in [0.29, 0.717) is 17.9 Å². The van der Waals surface area contributed by atoms with Crippen molar-refractivity contribution >= 4 is 23.2 Å². The third-order valence-electron chi connectivity index (χ3n) is 4.75. The van der Waals surface area contributed by atoms with Crippen molar-refractivity contribution in [2.75, 3.05) is 26.3 Å². The molecule has 156 valence electrons. The van der Waals surface area contributed by atoms with Crippen molar-refractivity contribution in [1.82, 2.24) is 20.1 Å². The molecule has 9 heteroatoms. The molecule has 0 unspecified atom stereocenters. The van der Waals surface area contributed by atoms with Gasteiger partial charge in [-0.3, -0.25) is 4.90 Å². The third kappa shape index (κ3) is 5.17. The van der Waals surface area contributed by atoms with E-state index in [2.05, 4.69) is 32.2 Å². The van der Waals surface area contributed by atoms with Crippen LogP contribution in [0.15, 0.2) is 42.6 Å². The van der Waals surface area contributed by atoms with Crippen LogP contribution in [0.1, 0.15) is 11.1 Å². The molecule has 1 fully saturated rings. The molecular formula is C21H20Cl2N4O3. The minimum absolute atomic E-state index is 0.136. The molecule has 1 aliphatic rings. The number of halogens is 2. The van der Waals surface area contributed by atoms with E-state index in [1.165, 1.54) is 11.8 Å². The molecule has 3 aromatic rings. The van der Waals surface area contributed by atoms with Crippen LogP contribution in [0.25, 0.3) is 11.3 Å². The molecule has 7 nitrogen and oxygen atoms in total. The Morgan fingerprint density at radius 2 is 1.67 bits per heavy atom. The molecular weight excluding hydrogens is 427 g/mol. The Kier molecular flexibility index (Phi) is 6.64. The molecule has 1 aliphatic heterocycles. The van der Waals surface area contributed by atoms with Crippen molar-refractivity contribution in [2.24, 2.45) is 0 Å². The van der Waals surface area contributed by atoms with Crippen molar-refractivity contribution in [3.05, 3.63) is 63.8 Å². The van der Waals surface area contributed by atoms with Gasteiger partial charge in [0.05, 0.1) is 29.5 Å². The molecule has 0 saturated carbocycles. The van der Waals surface area contributed by atoms with Crippen LogP contribution in [0.2, 0.25) is 10.0 Å². The van der Waals surface area contributed by atoms with Crippen LogP contribution in [0.3, 0.4) is 0 Å². The number of hydrogen-bond acceptors (Lipinski definition) is 7. The molecule has 1 N–H and O–H groups in total. The maximum Gasteiger partial charge on any atom is 0.336 e. The van der Waals surface area contributed by atoms with Crippen LogP contribution in [0, 0.1) is 0 Å². The van der Waals surface area contributed by atoms with Gasteiger partial charge in [-0.2, -0.15) is 0 Å². The number of aromatic hydroxyl groups is 1. The van der Waals surface area contributed by atoms with E-state index in [0.717, 1.165) is 38.4 Å². The molecule has 1 aromatic heterocycles. The highest BCUT2D eigenvalue weighted by molar-refractivity contribution is 6.37. The van der Waals surface area contributed by atoms with E-state index in [1.54, 1.807) is 12.1 Å². The third-order valence-corrected chi connectivity index (χ3v) is 5.33. The highest BCUT2D eigenvalue weighted by atomic mass is 35.5. The number of phenols is 1. The van der Waals surface area contributed by atoms with Gasteiger partial charge in [0.25, 0.3) is 0 Å². The number of aromatic nitrogens is 3. The van der Waals surface area contributed by atoms with Gasteiger partial charge < -0.3 is 14.6 Å². The number of ether oxygens (including phenoxy) is 2. The standard InChI is InChI=1S/C21H20Cl2N4O3/c22-17-9-16(10-18(23)20(17)28)19-11-24-21(26-25-19)30-13-15-3-1-14(2-4-15)12-27-5-7-29-8-6-27/h1-4,9-11,28H,5-8,12-13H2. The zero-order chi connectivity index (χ0) is 20.9. The molecule has 0 spiro atoms. The van der Waals surface area contributed by atoms with Gasteiger partial charge in [0.2, 0.25) is 0 Å². The highest BCUT2D eigenvalue weighted by Crippen LogP contribution is 2.35. The first-order chi connectivity index (χ1) is 14.6. The van der Waals surface area contributed by atoms with Crippen molar-refractivity contribution in [3.8, 4) is 23.0 Å². The summed E-state index contributed by atoms with van der Waals surface area (Å²) in [7, 11) is 0. The average Bonchev–Trinajstić information content (AvgIpc) is 2.78. The van der Waals surface area contributed by atoms with Gasteiger partial charge in [0, 0.05) is 25.2 Å². The van der Waals surface area contributed by atoms with Crippen molar-refractivity contribution in [3.63, 3.8) is 0 Å². The predicted molar refractivity (Wildman–Crippen MR) is 114 cm³/mol. The lowest BCUT2D eigenvalue weighted by molar-refractivity contribution is 0.0342. The molecule has 1 saturated heterocycles. The Morgan fingerprint density at radius 1 is 1.00 bits per heavy atom. The Hall–Kier alpha value is -2.45. The first-order valence-corrected chi connectivity index (χ1v) is 10.2. The highest BCUT2D eigenvalue weighted by Gasteiger charge is 2.12. The topological polar surface area (TPSA) is 80.6 Å². The summed E-state index contributed by atoms with van der Waals surface area (Å²) in [6.07, 6.45) is 1.52. The molecule has 0 bridgehead atoms. The van der Waals surface area contributed by atoms with E-state index in [-0.39, 0.29) is 21.8 Å². The summed E-state index contributed by atoms with van der Waals surface area (Å²) in [5, 5.41) is 18.0. The van der Waals surface area contributed by atoms with Crippen LogP contribution in [-0.4, -0.2) is 51.5 Å². The van der Waals surface area contributed by atoms with Crippen LogP contribution in [0.4, 0.5) is 0 Å². The van der Waals surface area contributed by atoms with Gasteiger partial charge in [0.15, 0.2) is 5.75 Å². The zero-order valence-electron chi connectivity index (χ0n) is 16.1. The number of phenolic OH excluding ortho intramolecular Hbond substituents is 1. The molecule has 0 aliphatic carbocycles. The second-order valence-electron chi connectivity index (χ2n) is 6.91. The lowest BCUT2D eigenvalue weighted by Gasteiger charge is -2.26. The fourth-order valence-corrected chi connectivity index (χ4v) is 3.57. The average molecular weight is 447 g/mol. The maximum absolute atomic E-state index is 9.66. The van der Waals surface area contributed by atoms with Crippen LogP contribution < -0.4 is 4.74 Å².